The molecule has 2 amide bonds. The lowest BCUT2D eigenvalue weighted by Crippen LogP contribution is -2.46. The van der Waals surface area contributed by atoms with E-state index in [1.54, 1.807) is 4.90 Å². The van der Waals surface area contributed by atoms with E-state index in [9.17, 15) is 9.59 Å². The number of hydrogen-bond donors (Lipinski definition) is 1. The number of hydrogen-bond acceptors (Lipinski definition) is 4. The minimum atomic E-state index is -0.155. The highest BCUT2D eigenvalue weighted by molar-refractivity contribution is 6.02. The predicted molar refractivity (Wildman–Crippen MR) is 97.2 cm³/mol. The third-order valence-corrected chi connectivity index (χ3v) is 5.47. The molecule has 0 radical (unpaired) electrons. The van der Waals surface area contributed by atoms with E-state index < -0.39 is 0 Å². The van der Waals surface area contributed by atoms with E-state index in [0.29, 0.717) is 23.3 Å². The Morgan fingerprint density at radius 1 is 1.16 bits per heavy atom. The van der Waals surface area contributed by atoms with E-state index in [0.717, 1.165) is 39.0 Å². The van der Waals surface area contributed by atoms with Gasteiger partial charge in [-0.3, -0.25) is 14.5 Å². The molecule has 6 nitrogen and oxygen atoms in total. The van der Waals surface area contributed by atoms with Gasteiger partial charge in [0.15, 0.2) is 6.61 Å². The monoisotopic (exact) mass is 365 g/mol. The topological polar surface area (TPSA) is 61.9 Å². The molecule has 25 heavy (non-hydrogen) atoms. The summed E-state index contributed by atoms with van der Waals surface area (Å²) in [4.78, 5) is 28.5. The van der Waals surface area contributed by atoms with Crippen LogP contribution in [0.2, 0.25) is 0 Å². The number of ether oxygens (including phenoxy) is 1. The van der Waals surface area contributed by atoms with Crippen molar-refractivity contribution in [1.29, 1.82) is 0 Å². The lowest BCUT2D eigenvalue weighted by atomic mass is 9.92. The molecule has 2 atom stereocenters. The summed E-state index contributed by atoms with van der Waals surface area (Å²) >= 11 is 0. The largest absolute Gasteiger partial charge is 0.482 e. The van der Waals surface area contributed by atoms with Crippen molar-refractivity contribution >= 4 is 29.9 Å². The minimum Gasteiger partial charge on any atom is -0.482 e. The number of nitrogens with zero attached hydrogens (tertiary/aromatic N) is 2. The van der Waals surface area contributed by atoms with Crippen LogP contribution in [0.15, 0.2) is 24.3 Å². The molecule has 136 valence electrons. The van der Waals surface area contributed by atoms with E-state index >= 15 is 0 Å². The molecule has 0 bridgehead atoms. The van der Waals surface area contributed by atoms with Crippen molar-refractivity contribution in [2.24, 2.45) is 11.8 Å². The number of fused-ring (bicyclic) bond motifs is 2. The highest BCUT2D eigenvalue weighted by Gasteiger charge is 2.33. The number of benzene rings is 1. The van der Waals surface area contributed by atoms with Crippen LogP contribution in [0, 0.1) is 11.8 Å². The highest BCUT2D eigenvalue weighted by Crippen LogP contribution is 2.32. The molecule has 0 unspecified atom stereocenters. The number of nitrogens with one attached hydrogen (secondary N) is 1. The van der Waals surface area contributed by atoms with E-state index in [1.165, 1.54) is 0 Å². The third kappa shape index (κ3) is 3.60. The number of carbonyl (C=O) groups is 2. The Morgan fingerprint density at radius 2 is 1.84 bits per heavy atom. The molecule has 0 aliphatic carbocycles. The summed E-state index contributed by atoms with van der Waals surface area (Å²) in [6.45, 7) is 3.83. The molecular weight excluding hydrogens is 342 g/mol. The molecule has 4 rings (SSSR count). The van der Waals surface area contributed by atoms with E-state index in [1.807, 2.05) is 29.2 Å². The maximum absolute atomic E-state index is 12.8. The van der Waals surface area contributed by atoms with Crippen molar-refractivity contribution in [3.05, 3.63) is 24.3 Å². The Kier molecular flexibility index (Phi) is 5.49. The standard InChI is InChI=1S/C18H23N3O3.ClH/c22-17(20-7-5-13-9-19-10-14(13)6-8-20)11-21-15-3-1-2-4-16(15)24-12-18(21)23;/h1-4,13-14,19H,5-12H2;1H/t13-,14+;. The fourth-order valence-electron chi connectivity index (χ4n) is 4.03. The Morgan fingerprint density at radius 3 is 2.56 bits per heavy atom. The molecule has 0 spiro atoms. The van der Waals surface area contributed by atoms with E-state index in [2.05, 4.69) is 5.32 Å². The molecule has 0 saturated carbocycles. The average molecular weight is 366 g/mol. The molecule has 2 fully saturated rings. The Balaban J connectivity index is 0.00000182. The van der Waals surface area contributed by atoms with Crippen LogP contribution in [0.3, 0.4) is 0 Å². The molecule has 0 aromatic heterocycles. The fraction of sp³-hybridized carbons (Fsp3) is 0.556. The van der Waals surface area contributed by atoms with Crippen LogP contribution in [0.4, 0.5) is 5.69 Å². The molecule has 3 aliphatic heterocycles. The second-order valence-electron chi connectivity index (χ2n) is 6.87. The average Bonchev–Trinajstić information content (AvgIpc) is 2.95. The second-order valence-corrected chi connectivity index (χ2v) is 6.87. The van der Waals surface area contributed by atoms with Gasteiger partial charge in [-0.25, -0.2) is 0 Å². The number of likely N-dealkylation sites (tertiary alicyclic amines) is 1. The second kappa shape index (κ2) is 7.62. The first-order valence-electron chi connectivity index (χ1n) is 8.73. The number of anilines is 1. The van der Waals surface area contributed by atoms with Gasteiger partial charge in [-0.2, -0.15) is 0 Å². The Hall–Kier alpha value is -1.79. The first-order valence-corrected chi connectivity index (χ1v) is 8.73. The zero-order valence-corrected chi connectivity index (χ0v) is 15.0. The summed E-state index contributed by atoms with van der Waals surface area (Å²) in [5, 5.41) is 3.45. The van der Waals surface area contributed by atoms with Crippen molar-refractivity contribution < 1.29 is 14.3 Å². The van der Waals surface area contributed by atoms with Gasteiger partial charge in [0.2, 0.25) is 5.91 Å². The van der Waals surface area contributed by atoms with Gasteiger partial charge >= 0.3 is 0 Å². The summed E-state index contributed by atoms with van der Waals surface area (Å²) in [7, 11) is 0. The van der Waals surface area contributed by atoms with Crippen molar-refractivity contribution in [3.8, 4) is 5.75 Å². The number of para-hydroxylation sites is 2. The van der Waals surface area contributed by atoms with Gasteiger partial charge in [0.05, 0.1) is 5.69 Å². The van der Waals surface area contributed by atoms with Gasteiger partial charge in [-0.1, -0.05) is 12.1 Å². The van der Waals surface area contributed by atoms with Crippen LogP contribution in [0.1, 0.15) is 12.8 Å². The summed E-state index contributed by atoms with van der Waals surface area (Å²) in [5.74, 6) is 1.93. The van der Waals surface area contributed by atoms with Gasteiger partial charge < -0.3 is 15.0 Å². The van der Waals surface area contributed by atoms with Crippen molar-refractivity contribution in [2.45, 2.75) is 12.8 Å². The van der Waals surface area contributed by atoms with E-state index in [4.69, 9.17) is 4.74 Å². The summed E-state index contributed by atoms with van der Waals surface area (Å²) < 4.78 is 5.44. The number of halogens is 1. The quantitative estimate of drug-likeness (QED) is 0.858. The molecule has 1 aromatic carbocycles. The van der Waals surface area contributed by atoms with Gasteiger partial charge in [0.1, 0.15) is 12.3 Å². The molecule has 2 saturated heterocycles. The Labute approximate surface area is 153 Å². The highest BCUT2D eigenvalue weighted by atomic mass is 35.5. The van der Waals surface area contributed by atoms with Gasteiger partial charge in [0, 0.05) is 13.1 Å². The lowest BCUT2D eigenvalue weighted by molar-refractivity contribution is -0.132. The van der Waals surface area contributed by atoms with Gasteiger partial charge in [0.25, 0.3) is 5.91 Å². The molecule has 1 aromatic rings. The van der Waals surface area contributed by atoms with Crippen molar-refractivity contribution in [1.82, 2.24) is 10.2 Å². The SMILES string of the molecule is Cl.O=C(CN1C(=O)COc2ccccc21)N1CC[C@@H]2CNC[C@@H]2CC1. The number of rotatable bonds is 2. The maximum atomic E-state index is 12.8. The molecule has 3 aliphatic rings. The number of carbonyl (C=O) groups excluding carboxylic acids is 2. The van der Waals surface area contributed by atoms with Crippen LogP contribution >= 0.6 is 12.4 Å². The summed E-state index contributed by atoms with van der Waals surface area (Å²) in [6.07, 6.45) is 2.11. The lowest BCUT2D eigenvalue weighted by Gasteiger charge is -2.31. The maximum Gasteiger partial charge on any atom is 0.265 e. The summed E-state index contributed by atoms with van der Waals surface area (Å²) in [5.41, 5.74) is 0.693. The summed E-state index contributed by atoms with van der Waals surface area (Å²) in [6, 6.07) is 7.39. The molecule has 7 heteroatoms. The first kappa shape index (κ1) is 18.0. The van der Waals surface area contributed by atoms with Crippen molar-refractivity contribution in [2.75, 3.05) is 44.2 Å². The Bertz CT molecular complexity index is 640. The van der Waals surface area contributed by atoms with Crippen molar-refractivity contribution in [3.63, 3.8) is 0 Å². The van der Waals surface area contributed by atoms with Gasteiger partial charge in [-0.15, -0.1) is 12.4 Å². The zero-order chi connectivity index (χ0) is 16.5. The number of amides is 2. The normalized spacial score (nSPS) is 25.4. The predicted octanol–water partition coefficient (Wildman–Crippen LogP) is 1.29. The molecule has 1 N–H and O–H groups in total. The molecule has 3 heterocycles. The first-order chi connectivity index (χ1) is 11.7. The van der Waals surface area contributed by atoms with E-state index in [-0.39, 0.29) is 37.4 Å². The third-order valence-electron chi connectivity index (χ3n) is 5.47. The zero-order valence-electron chi connectivity index (χ0n) is 14.1. The van der Waals surface area contributed by atoms with Crippen LogP contribution in [-0.2, 0) is 9.59 Å². The van der Waals surface area contributed by atoms with Crippen LogP contribution in [0.5, 0.6) is 5.75 Å². The van der Waals surface area contributed by atoms with Gasteiger partial charge in [-0.05, 0) is 49.9 Å². The smallest absolute Gasteiger partial charge is 0.265 e. The fourth-order valence-corrected chi connectivity index (χ4v) is 4.03. The molecular formula is C18H24ClN3O3. The van der Waals surface area contributed by atoms with Crippen LogP contribution < -0.4 is 15.0 Å². The van der Waals surface area contributed by atoms with Crippen LogP contribution in [0.25, 0.3) is 0 Å². The minimum absolute atomic E-state index is 0. The van der Waals surface area contributed by atoms with Crippen LogP contribution in [-0.4, -0.2) is 56.0 Å².